The fourth-order valence-electron chi connectivity index (χ4n) is 4.07. The number of hydrogen-bond acceptors (Lipinski definition) is 6. The van der Waals surface area contributed by atoms with E-state index in [9.17, 15) is 0 Å². The molecule has 1 atom stereocenters. The summed E-state index contributed by atoms with van der Waals surface area (Å²) in [5.74, 6) is 0.672. The summed E-state index contributed by atoms with van der Waals surface area (Å²) in [5, 5.41) is 8.81. The van der Waals surface area contributed by atoms with Gasteiger partial charge >= 0.3 is 0 Å². The van der Waals surface area contributed by atoms with Gasteiger partial charge in [-0.25, -0.2) is 14.5 Å². The lowest BCUT2D eigenvalue weighted by Crippen LogP contribution is -2.24. The molecule has 1 unspecified atom stereocenters. The molecular weight excluding hydrogens is 424 g/mol. The number of nitrogens with zero attached hydrogens (tertiary/aromatic N) is 7. The summed E-state index contributed by atoms with van der Waals surface area (Å²) in [5.41, 5.74) is 13.0. The molecule has 0 aliphatic carbocycles. The molecule has 0 amide bonds. The molecule has 0 fully saturated rings. The molecule has 0 aliphatic heterocycles. The fraction of sp³-hybridized carbons (Fsp3) is 0.231. The Kier molecular flexibility index (Phi) is 6.05. The van der Waals surface area contributed by atoms with Crippen molar-refractivity contribution in [3.63, 3.8) is 0 Å². The lowest BCUT2D eigenvalue weighted by Gasteiger charge is -2.20. The molecule has 172 valence electrons. The van der Waals surface area contributed by atoms with Crippen LogP contribution in [0.15, 0.2) is 79.6 Å². The maximum Gasteiger partial charge on any atom is 0.144 e. The second kappa shape index (κ2) is 9.44. The molecule has 5 rings (SSSR count). The van der Waals surface area contributed by atoms with E-state index in [4.69, 9.17) is 5.73 Å². The van der Waals surface area contributed by atoms with Gasteiger partial charge in [-0.1, -0.05) is 36.4 Å². The maximum absolute atomic E-state index is 6.42. The third kappa shape index (κ3) is 4.67. The van der Waals surface area contributed by atoms with Crippen LogP contribution in [0.25, 0.3) is 16.6 Å². The quantitative estimate of drug-likeness (QED) is 0.387. The van der Waals surface area contributed by atoms with Crippen molar-refractivity contribution in [3.8, 4) is 11.1 Å². The standard InChI is InChI=1S/C26H28N8/c1-32(25-16-31-34-18-21(8-9-24(25)34)22-15-30-33(2)17-22)11-10-23(27)26-28-13-20(14-29-26)12-19-6-4-3-5-7-19/h3-9,13-18,23H,10-12,27H2,1-2H3. The Morgan fingerprint density at radius 2 is 1.68 bits per heavy atom. The van der Waals surface area contributed by atoms with E-state index in [2.05, 4.69) is 56.4 Å². The predicted octanol–water partition coefficient (Wildman–Crippen LogP) is 3.64. The zero-order valence-electron chi connectivity index (χ0n) is 19.4. The van der Waals surface area contributed by atoms with Crippen molar-refractivity contribution in [3.05, 3.63) is 96.6 Å². The van der Waals surface area contributed by atoms with Crippen molar-refractivity contribution >= 4 is 11.2 Å². The van der Waals surface area contributed by atoms with Gasteiger partial charge in [0.25, 0.3) is 0 Å². The summed E-state index contributed by atoms with van der Waals surface area (Å²) >= 11 is 0. The molecule has 4 heterocycles. The number of aromatic nitrogens is 6. The third-order valence-electron chi connectivity index (χ3n) is 6.03. The van der Waals surface area contributed by atoms with Crippen LogP contribution >= 0.6 is 0 Å². The van der Waals surface area contributed by atoms with Crippen LogP contribution < -0.4 is 10.6 Å². The molecule has 4 aromatic heterocycles. The highest BCUT2D eigenvalue weighted by molar-refractivity contribution is 5.75. The molecule has 0 saturated carbocycles. The first-order chi connectivity index (χ1) is 16.6. The van der Waals surface area contributed by atoms with Crippen LogP contribution in [-0.4, -0.2) is 43.0 Å². The van der Waals surface area contributed by atoms with Gasteiger partial charge in [-0.2, -0.15) is 10.2 Å². The van der Waals surface area contributed by atoms with E-state index in [0.29, 0.717) is 5.82 Å². The first-order valence-corrected chi connectivity index (χ1v) is 11.3. The summed E-state index contributed by atoms with van der Waals surface area (Å²) in [4.78, 5) is 11.2. The van der Waals surface area contributed by atoms with E-state index in [1.54, 1.807) is 4.68 Å². The first-order valence-electron chi connectivity index (χ1n) is 11.3. The highest BCUT2D eigenvalue weighted by Crippen LogP contribution is 2.25. The van der Waals surface area contributed by atoms with Gasteiger partial charge in [0.2, 0.25) is 0 Å². The molecule has 0 saturated heterocycles. The minimum Gasteiger partial charge on any atom is -0.371 e. The summed E-state index contributed by atoms with van der Waals surface area (Å²) in [6.45, 7) is 0.766. The summed E-state index contributed by atoms with van der Waals surface area (Å²) < 4.78 is 3.70. The predicted molar refractivity (Wildman–Crippen MR) is 133 cm³/mol. The number of anilines is 1. The number of hydrogen-bond donors (Lipinski definition) is 1. The summed E-state index contributed by atoms with van der Waals surface area (Å²) in [6, 6.07) is 14.3. The lowest BCUT2D eigenvalue weighted by molar-refractivity contribution is 0.608. The molecule has 1 aromatic carbocycles. The Balaban J connectivity index is 1.22. The second-order valence-electron chi connectivity index (χ2n) is 8.61. The molecule has 5 aromatic rings. The van der Waals surface area contributed by atoms with Gasteiger partial charge in [-0.15, -0.1) is 0 Å². The molecule has 2 N–H and O–H groups in total. The molecule has 0 spiro atoms. The van der Waals surface area contributed by atoms with Gasteiger partial charge in [0.05, 0.1) is 29.6 Å². The van der Waals surface area contributed by atoms with Gasteiger partial charge in [0.15, 0.2) is 0 Å². The highest BCUT2D eigenvalue weighted by atomic mass is 15.3. The van der Waals surface area contributed by atoms with E-state index in [1.807, 2.05) is 66.9 Å². The second-order valence-corrected chi connectivity index (χ2v) is 8.61. The minimum atomic E-state index is -0.229. The topological polar surface area (TPSA) is 90.2 Å². The fourth-order valence-corrected chi connectivity index (χ4v) is 4.07. The van der Waals surface area contributed by atoms with E-state index in [0.717, 1.165) is 47.3 Å². The zero-order chi connectivity index (χ0) is 23.5. The monoisotopic (exact) mass is 452 g/mol. The Morgan fingerprint density at radius 3 is 2.41 bits per heavy atom. The third-order valence-corrected chi connectivity index (χ3v) is 6.03. The first kappa shape index (κ1) is 21.8. The van der Waals surface area contributed by atoms with E-state index < -0.39 is 0 Å². The normalized spacial score (nSPS) is 12.2. The average Bonchev–Trinajstić information content (AvgIpc) is 3.49. The van der Waals surface area contributed by atoms with Crippen molar-refractivity contribution in [2.75, 3.05) is 18.5 Å². The average molecular weight is 453 g/mol. The summed E-state index contributed by atoms with van der Waals surface area (Å²) in [6.07, 6.45) is 13.1. The Morgan fingerprint density at radius 1 is 0.882 bits per heavy atom. The van der Waals surface area contributed by atoms with Crippen LogP contribution in [0.3, 0.4) is 0 Å². The van der Waals surface area contributed by atoms with Crippen molar-refractivity contribution < 1.29 is 0 Å². The number of rotatable bonds is 8. The van der Waals surface area contributed by atoms with E-state index in [-0.39, 0.29) is 6.04 Å². The van der Waals surface area contributed by atoms with Crippen LogP contribution in [0.1, 0.15) is 29.4 Å². The lowest BCUT2D eigenvalue weighted by atomic mass is 10.1. The Labute approximate surface area is 198 Å². The van der Waals surface area contributed by atoms with Gasteiger partial charge in [0.1, 0.15) is 5.82 Å². The minimum absolute atomic E-state index is 0.229. The number of benzene rings is 1. The molecule has 0 aliphatic rings. The van der Waals surface area contributed by atoms with Gasteiger partial charge < -0.3 is 10.6 Å². The van der Waals surface area contributed by atoms with E-state index >= 15 is 0 Å². The molecule has 34 heavy (non-hydrogen) atoms. The smallest absolute Gasteiger partial charge is 0.144 e. The van der Waals surface area contributed by atoms with Crippen molar-refractivity contribution in [2.45, 2.75) is 18.9 Å². The number of nitrogens with two attached hydrogens (primary N) is 1. The molecule has 8 heteroatoms. The number of fused-ring (bicyclic) bond motifs is 1. The van der Waals surface area contributed by atoms with Crippen molar-refractivity contribution in [1.82, 2.24) is 29.4 Å². The SMILES string of the molecule is CN(CCC(N)c1ncc(Cc2ccccc2)cn1)c1cnn2cc(-c3cnn(C)c3)ccc12. The molecule has 8 nitrogen and oxygen atoms in total. The van der Waals surface area contributed by atoms with Crippen LogP contribution in [0.5, 0.6) is 0 Å². The number of pyridine rings is 1. The highest BCUT2D eigenvalue weighted by Gasteiger charge is 2.14. The number of aryl methyl sites for hydroxylation is 1. The zero-order valence-corrected chi connectivity index (χ0v) is 19.4. The van der Waals surface area contributed by atoms with E-state index in [1.165, 1.54) is 5.56 Å². The van der Waals surface area contributed by atoms with Crippen molar-refractivity contribution in [1.29, 1.82) is 0 Å². The van der Waals surface area contributed by atoms with Gasteiger partial charge in [0, 0.05) is 63.0 Å². The van der Waals surface area contributed by atoms with Crippen LogP contribution in [0, 0.1) is 0 Å². The molecule has 0 radical (unpaired) electrons. The largest absolute Gasteiger partial charge is 0.371 e. The van der Waals surface area contributed by atoms with Gasteiger partial charge in [-0.05, 0) is 23.6 Å². The Hall–Kier alpha value is -4.04. The van der Waals surface area contributed by atoms with Crippen molar-refractivity contribution in [2.24, 2.45) is 12.8 Å². The summed E-state index contributed by atoms with van der Waals surface area (Å²) in [7, 11) is 3.97. The Bertz CT molecular complexity index is 1370. The molecular formula is C26H28N8. The van der Waals surface area contributed by atoms with Crippen LogP contribution in [0.4, 0.5) is 5.69 Å². The maximum atomic E-state index is 6.42. The molecule has 0 bridgehead atoms. The van der Waals surface area contributed by atoms with Gasteiger partial charge in [-0.3, -0.25) is 4.68 Å². The van der Waals surface area contributed by atoms with Crippen LogP contribution in [0.2, 0.25) is 0 Å². The van der Waals surface area contributed by atoms with Crippen LogP contribution in [-0.2, 0) is 13.5 Å².